The minimum absolute atomic E-state index is 0.209. The molecule has 0 aliphatic carbocycles. The zero-order valence-corrected chi connectivity index (χ0v) is 11.8. The predicted octanol–water partition coefficient (Wildman–Crippen LogP) is 1.68. The van der Waals surface area contributed by atoms with Crippen molar-refractivity contribution in [2.24, 2.45) is 7.05 Å². The van der Waals surface area contributed by atoms with Gasteiger partial charge in [0.1, 0.15) is 5.69 Å². The smallest absolute Gasteiger partial charge is 0.277 e. The van der Waals surface area contributed by atoms with Crippen molar-refractivity contribution in [2.45, 2.75) is 19.8 Å². The van der Waals surface area contributed by atoms with Gasteiger partial charge in [-0.15, -0.1) is 0 Å². The van der Waals surface area contributed by atoms with Crippen LogP contribution in [0, 0.1) is 0 Å². The number of carbonyl (C=O) groups is 1. The quantitative estimate of drug-likeness (QED) is 0.902. The molecule has 0 unspecified atom stereocenters. The molecule has 2 aromatic rings. The summed E-state index contributed by atoms with van der Waals surface area (Å²) in [6.07, 6.45) is 1.52. The lowest BCUT2D eigenvalue weighted by Gasteiger charge is -2.01. The number of nitrogens with zero attached hydrogens (tertiary/aromatic N) is 4. The first-order chi connectivity index (χ1) is 8.49. The standard InChI is InChI=1S/C10H13BrN6O/c1-5(2)8-13-10(17(3)16-8)14-9(18)7-6(11)4-12-15-7/h4-5H,1-3H3,(H,12,15)(H,13,14,16,18). The SMILES string of the molecule is CC(C)c1nc(NC(=O)c2[nH]ncc2Br)n(C)n1. The van der Waals surface area contributed by atoms with E-state index in [1.54, 1.807) is 7.05 Å². The van der Waals surface area contributed by atoms with Crippen LogP contribution in [0.2, 0.25) is 0 Å². The third-order valence-corrected chi connectivity index (χ3v) is 2.94. The molecule has 0 spiro atoms. The Morgan fingerprint density at radius 2 is 2.28 bits per heavy atom. The Morgan fingerprint density at radius 1 is 1.56 bits per heavy atom. The second-order valence-corrected chi connectivity index (χ2v) is 4.97. The molecular weight excluding hydrogens is 300 g/mol. The molecule has 96 valence electrons. The number of nitrogens with one attached hydrogen (secondary N) is 2. The highest BCUT2D eigenvalue weighted by atomic mass is 79.9. The fraction of sp³-hybridized carbons (Fsp3) is 0.400. The lowest BCUT2D eigenvalue weighted by molar-refractivity contribution is 0.102. The van der Waals surface area contributed by atoms with Gasteiger partial charge in [-0.2, -0.15) is 15.2 Å². The number of carbonyl (C=O) groups excluding carboxylic acids is 1. The number of H-pyrrole nitrogens is 1. The molecule has 2 heterocycles. The van der Waals surface area contributed by atoms with Crippen LogP contribution in [0.15, 0.2) is 10.7 Å². The van der Waals surface area contributed by atoms with Crippen LogP contribution in [0.5, 0.6) is 0 Å². The van der Waals surface area contributed by atoms with E-state index < -0.39 is 0 Å². The highest BCUT2D eigenvalue weighted by Gasteiger charge is 2.16. The Balaban J connectivity index is 2.19. The molecule has 0 saturated carbocycles. The van der Waals surface area contributed by atoms with E-state index in [4.69, 9.17) is 0 Å². The van der Waals surface area contributed by atoms with Crippen molar-refractivity contribution in [2.75, 3.05) is 5.32 Å². The summed E-state index contributed by atoms with van der Waals surface area (Å²) in [5.41, 5.74) is 0.351. The van der Waals surface area contributed by atoms with Gasteiger partial charge >= 0.3 is 0 Å². The average molecular weight is 313 g/mol. The van der Waals surface area contributed by atoms with E-state index in [9.17, 15) is 4.79 Å². The maximum absolute atomic E-state index is 11.9. The van der Waals surface area contributed by atoms with Gasteiger partial charge in [0.2, 0.25) is 5.95 Å². The van der Waals surface area contributed by atoms with Crippen LogP contribution in [0.25, 0.3) is 0 Å². The normalized spacial score (nSPS) is 10.9. The molecule has 0 radical (unpaired) electrons. The van der Waals surface area contributed by atoms with E-state index >= 15 is 0 Å². The minimum Gasteiger partial charge on any atom is -0.289 e. The second kappa shape index (κ2) is 4.89. The molecule has 18 heavy (non-hydrogen) atoms. The summed E-state index contributed by atoms with van der Waals surface area (Å²) in [6.45, 7) is 3.98. The monoisotopic (exact) mass is 312 g/mol. The highest BCUT2D eigenvalue weighted by Crippen LogP contribution is 2.16. The molecule has 0 aliphatic rings. The van der Waals surface area contributed by atoms with Crippen LogP contribution in [0.4, 0.5) is 5.95 Å². The number of aromatic amines is 1. The number of halogens is 1. The predicted molar refractivity (Wildman–Crippen MR) is 69.3 cm³/mol. The summed E-state index contributed by atoms with van der Waals surface area (Å²) in [7, 11) is 1.73. The highest BCUT2D eigenvalue weighted by molar-refractivity contribution is 9.10. The van der Waals surface area contributed by atoms with Crippen molar-refractivity contribution in [3.63, 3.8) is 0 Å². The number of amides is 1. The van der Waals surface area contributed by atoms with Crippen molar-refractivity contribution in [1.82, 2.24) is 25.0 Å². The Bertz CT molecular complexity index is 573. The lowest BCUT2D eigenvalue weighted by atomic mass is 10.2. The van der Waals surface area contributed by atoms with Crippen LogP contribution in [-0.4, -0.2) is 30.9 Å². The Labute approximate surface area is 112 Å². The first-order valence-corrected chi connectivity index (χ1v) is 6.19. The van der Waals surface area contributed by atoms with Crippen LogP contribution < -0.4 is 5.32 Å². The van der Waals surface area contributed by atoms with Gasteiger partial charge in [-0.05, 0) is 15.9 Å². The minimum atomic E-state index is -0.315. The molecule has 8 heteroatoms. The number of aromatic nitrogens is 5. The molecule has 0 aromatic carbocycles. The lowest BCUT2D eigenvalue weighted by Crippen LogP contribution is -2.16. The summed E-state index contributed by atoms with van der Waals surface area (Å²) in [5.74, 6) is 0.993. The van der Waals surface area contributed by atoms with Gasteiger partial charge in [-0.1, -0.05) is 13.8 Å². The maximum Gasteiger partial charge on any atom is 0.277 e. The van der Waals surface area contributed by atoms with Gasteiger partial charge in [0.25, 0.3) is 5.91 Å². The second-order valence-electron chi connectivity index (χ2n) is 4.12. The number of anilines is 1. The van der Waals surface area contributed by atoms with Gasteiger partial charge in [0.15, 0.2) is 5.82 Å². The number of aryl methyl sites for hydroxylation is 1. The molecule has 0 saturated heterocycles. The van der Waals surface area contributed by atoms with Crippen LogP contribution >= 0.6 is 15.9 Å². The Kier molecular flexibility index (Phi) is 3.46. The molecule has 0 bridgehead atoms. The first kappa shape index (κ1) is 12.7. The summed E-state index contributed by atoms with van der Waals surface area (Å²) in [4.78, 5) is 16.2. The number of rotatable bonds is 3. The van der Waals surface area contributed by atoms with Crippen molar-refractivity contribution < 1.29 is 4.79 Å². The number of hydrogen-bond acceptors (Lipinski definition) is 4. The maximum atomic E-state index is 11.9. The van der Waals surface area contributed by atoms with Crippen molar-refractivity contribution in [3.05, 3.63) is 22.2 Å². The molecular formula is C10H13BrN6O. The number of hydrogen-bond donors (Lipinski definition) is 2. The molecule has 0 fully saturated rings. The van der Waals surface area contributed by atoms with Gasteiger partial charge in [-0.3, -0.25) is 15.2 Å². The zero-order chi connectivity index (χ0) is 13.3. The van der Waals surface area contributed by atoms with Crippen molar-refractivity contribution >= 4 is 27.8 Å². The van der Waals surface area contributed by atoms with E-state index in [0.29, 0.717) is 21.9 Å². The molecule has 1 amide bonds. The van der Waals surface area contributed by atoms with Gasteiger partial charge in [0, 0.05) is 13.0 Å². The van der Waals surface area contributed by atoms with Crippen LogP contribution in [0.1, 0.15) is 36.1 Å². The largest absolute Gasteiger partial charge is 0.289 e. The Morgan fingerprint density at radius 3 is 2.78 bits per heavy atom. The van der Waals surface area contributed by atoms with E-state index in [1.807, 2.05) is 13.8 Å². The molecule has 2 N–H and O–H groups in total. The molecule has 0 aliphatic heterocycles. The van der Waals surface area contributed by atoms with E-state index in [-0.39, 0.29) is 11.8 Å². The molecule has 2 aromatic heterocycles. The zero-order valence-electron chi connectivity index (χ0n) is 10.2. The van der Waals surface area contributed by atoms with Crippen LogP contribution in [-0.2, 0) is 7.05 Å². The van der Waals surface area contributed by atoms with E-state index in [1.165, 1.54) is 10.9 Å². The fourth-order valence-electron chi connectivity index (χ4n) is 1.35. The molecule has 7 nitrogen and oxygen atoms in total. The topological polar surface area (TPSA) is 88.5 Å². The van der Waals surface area contributed by atoms with Gasteiger partial charge in [0.05, 0.1) is 10.7 Å². The average Bonchev–Trinajstić information content (AvgIpc) is 2.86. The molecule has 2 rings (SSSR count). The van der Waals surface area contributed by atoms with Crippen molar-refractivity contribution in [3.8, 4) is 0 Å². The summed E-state index contributed by atoms with van der Waals surface area (Å²) in [6, 6.07) is 0. The fourth-order valence-corrected chi connectivity index (χ4v) is 1.72. The Hall–Kier alpha value is -1.70. The summed E-state index contributed by atoms with van der Waals surface area (Å²) < 4.78 is 2.14. The van der Waals surface area contributed by atoms with E-state index in [0.717, 1.165) is 0 Å². The summed E-state index contributed by atoms with van der Waals surface area (Å²) in [5, 5.41) is 13.3. The van der Waals surface area contributed by atoms with Crippen molar-refractivity contribution in [1.29, 1.82) is 0 Å². The van der Waals surface area contributed by atoms with Gasteiger partial charge < -0.3 is 0 Å². The van der Waals surface area contributed by atoms with Crippen LogP contribution in [0.3, 0.4) is 0 Å². The van der Waals surface area contributed by atoms with E-state index in [2.05, 4.69) is 41.5 Å². The molecule has 0 atom stereocenters. The first-order valence-electron chi connectivity index (χ1n) is 5.40. The third kappa shape index (κ3) is 2.42. The van der Waals surface area contributed by atoms with Gasteiger partial charge in [-0.25, -0.2) is 4.68 Å². The third-order valence-electron chi connectivity index (χ3n) is 2.34. The summed E-state index contributed by atoms with van der Waals surface area (Å²) >= 11 is 3.23.